The molecule has 7 heteroatoms. The monoisotopic (exact) mass is 339 g/mol. The minimum Gasteiger partial charge on any atom is -0.466 e. The van der Waals surface area contributed by atoms with Crippen molar-refractivity contribution >= 4 is 29.1 Å². The van der Waals surface area contributed by atoms with E-state index < -0.39 is 23.3 Å². The first-order valence-corrected chi connectivity index (χ1v) is 7.62. The topological polar surface area (TPSA) is 111 Å². The zero-order chi connectivity index (χ0) is 18.2. The molecule has 0 saturated heterocycles. The van der Waals surface area contributed by atoms with Crippen LogP contribution < -0.4 is 21.1 Å². The maximum atomic E-state index is 12.6. The molecule has 2 aromatic carbocycles. The summed E-state index contributed by atoms with van der Waals surface area (Å²) in [5, 5.41) is 5.31. The van der Waals surface area contributed by atoms with E-state index in [1.807, 2.05) is 13.0 Å². The second-order valence-electron chi connectivity index (χ2n) is 5.98. The molecule has 1 heterocycles. The molecule has 0 aromatic heterocycles. The van der Waals surface area contributed by atoms with Gasteiger partial charge in [0.15, 0.2) is 0 Å². The predicted octanol–water partition coefficient (Wildman–Crippen LogP) is 1.82. The minimum absolute atomic E-state index is 0.320. The van der Waals surface area contributed by atoms with Gasteiger partial charge in [0, 0.05) is 11.3 Å². The molecule has 1 aliphatic rings. The first-order valence-electron chi connectivity index (χ1n) is 7.62. The van der Waals surface area contributed by atoms with Gasteiger partial charge in [-0.3, -0.25) is 14.4 Å². The lowest BCUT2D eigenvalue weighted by atomic mass is 10.0. The van der Waals surface area contributed by atoms with Crippen molar-refractivity contribution in [2.24, 2.45) is 5.73 Å². The molecule has 2 aromatic rings. The zero-order valence-corrected chi connectivity index (χ0v) is 13.8. The normalized spacial score (nSPS) is 18.6. The summed E-state index contributed by atoms with van der Waals surface area (Å²) in [5.74, 6) is -1.32. The third-order valence-corrected chi connectivity index (χ3v) is 3.99. The number of amides is 3. The number of fused-ring (bicyclic) bond motifs is 1. The van der Waals surface area contributed by atoms with Crippen molar-refractivity contribution in [3.8, 4) is 5.75 Å². The molecule has 0 fully saturated rings. The number of primary amides is 1. The summed E-state index contributed by atoms with van der Waals surface area (Å²) >= 11 is 0. The van der Waals surface area contributed by atoms with E-state index in [1.165, 1.54) is 31.2 Å². The number of anilines is 2. The zero-order valence-electron chi connectivity index (χ0n) is 13.8. The molecule has 3 amide bonds. The van der Waals surface area contributed by atoms with Crippen molar-refractivity contribution in [1.82, 2.24) is 0 Å². The van der Waals surface area contributed by atoms with Crippen LogP contribution in [0.2, 0.25) is 0 Å². The Labute approximate surface area is 144 Å². The maximum absolute atomic E-state index is 12.6. The van der Waals surface area contributed by atoms with Gasteiger partial charge in [0.1, 0.15) is 5.75 Å². The molecule has 128 valence electrons. The van der Waals surface area contributed by atoms with E-state index in [9.17, 15) is 14.4 Å². The molecule has 1 atom stereocenters. The minimum atomic E-state index is -1.72. The molecule has 0 radical (unpaired) electrons. The summed E-state index contributed by atoms with van der Waals surface area (Å²) < 4.78 is 5.68. The Kier molecular flexibility index (Phi) is 3.92. The van der Waals surface area contributed by atoms with Crippen molar-refractivity contribution in [1.29, 1.82) is 0 Å². The molecule has 0 spiro atoms. The average Bonchev–Trinajstić information content (AvgIpc) is 2.56. The second kappa shape index (κ2) is 5.94. The lowest BCUT2D eigenvalue weighted by Crippen LogP contribution is -2.56. The van der Waals surface area contributed by atoms with Gasteiger partial charge in [0.25, 0.3) is 17.4 Å². The maximum Gasteiger partial charge on any atom is 0.278 e. The third-order valence-electron chi connectivity index (χ3n) is 3.99. The van der Waals surface area contributed by atoms with Crippen molar-refractivity contribution in [2.45, 2.75) is 19.4 Å². The highest BCUT2D eigenvalue weighted by molar-refractivity contribution is 6.19. The fourth-order valence-corrected chi connectivity index (χ4v) is 2.46. The van der Waals surface area contributed by atoms with Gasteiger partial charge in [-0.1, -0.05) is 6.07 Å². The van der Waals surface area contributed by atoms with E-state index in [0.29, 0.717) is 22.7 Å². The average molecular weight is 339 g/mol. The number of hydrogen-bond acceptors (Lipinski definition) is 4. The number of carbonyl (C=O) groups is 3. The third kappa shape index (κ3) is 3.03. The van der Waals surface area contributed by atoms with E-state index in [0.717, 1.165) is 5.56 Å². The van der Waals surface area contributed by atoms with E-state index in [-0.39, 0.29) is 0 Å². The van der Waals surface area contributed by atoms with Crippen LogP contribution in [-0.2, 0) is 9.59 Å². The number of benzene rings is 2. The number of hydrogen-bond donors (Lipinski definition) is 3. The van der Waals surface area contributed by atoms with E-state index >= 15 is 0 Å². The summed E-state index contributed by atoms with van der Waals surface area (Å²) in [7, 11) is 0. The number of ether oxygens (including phenoxy) is 1. The van der Waals surface area contributed by atoms with Crippen LogP contribution in [0.1, 0.15) is 22.8 Å². The molecule has 25 heavy (non-hydrogen) atoms. The molecule has 1 aliphatic heterocycles. The van der Waals surface area contributed by atoms with Gasteiger partial charge in [-0.25, -0.2) is 0 Å². The van der Waals surface area contributed by atoms with Crippen molar-refractivity contribution in [3.05, 3.63) is 53.6 Å². The van der Waals surface area contributed by atoms with Crippen LogP contribution in [0.5, 0.6) is 5.75 Å². The SMILES string of the molecule is Cc1ccc2c(c1)NC(=O)C(C)(C(=O)Nc1ccc(C(N)=O)cc1)O2. The summed E-state index contributed by atoms with van der Waals surface area (Å²) in [6.45, 7) is 3.29. The second-order valence-corrected chi connectivity index (χ2v) is 5.98. The molecular formula is C18H17N3O4. The van der Waals surface area contributed by atoms with E-state index in [4.69, 9.17) is 10.5 Å². The van der Waals surface area contributed by atoms with Gasteiger partial charge < -0.3 is 21.1 Å². The number of rotatable bonds is 3. The van der Waals surface area contributed by atoms with Crippen LogP contribution >= 0.6 is 0 Å². The number of carbonyl (C=O) groups excluding carboxylic acids is 3. The van der Waals surface area contributed by atoms with E-state index in [2.05, 4.69) is 10.6 Å². The first-order chi connectivity index (χ1) is 11.8. The van der Waals surface area contributed by atoms with Crippen LogP contribution in [0.4, 0.5) is 11.4 Å². The van der Waals surface area contributed by atoms with Gasteiger partial charge in [0.05, 0.1) is 5.69 Å². The Hall–Kier alpha value is -3.35. The van der Waals surface area contributed by atoms with Gasteiger partial charge in [0.2, 0.25) is 5.91 Å². The Balaban J connectivity index is 1.82. The van der Waals surface area contributed by atoms with Crippen LogP contribution in [0.25, 0.3) is 0 Å². The largest absolute Gasteiger partial charge is 0.466 e. The first kappa shape index (κ1) is 16.5. The fraction of sp³-hybridized carbons (Fsp3) is 0.167. The Morgan fingerprint density at radius 2 is 1.84 bits per heavy atom. The van der Waals surface area contributed by atoms with Crippen LogP contribution in [-0.4, -0.2) is 23.3 Å². The smallest absolute Gasteiger partial charge is 0.278 e. The fourth-order valence-electron chi connectivity index (χ4n) is 2.46. The van der Waals surface area contributed by atoms with Gasteiger partial charge in [-0.05, 0) is 55.8 Å². The lowest BCUT2D eigenvalue weighted by molar-refractivity contribution is -0.143. The highest BCUT2D eigenvalue weighted by Gasteiger charge is 2.47. The summed E-state index contributed by atoms with van der Waals surface area (Å²) in [6.07, 6.45) is 0. The number of nitrogens with one attached hydrogen (secondary N) is 2. The number of aryl methyl sites for hydroxylation is 1. The van der Waals surface area contributed by atoms with Crippen molar-refractivity contribution < 1.29 is 19.1 Å². The van der Waals surface area contributed by atoms with Crippen LogP contribution in [0.3, 0.4) is 0 Å². The number of nitrogens with two attached hydrogens (primary N) is 1. The summed E-state index contributed by atoms with van der Waals surface area (Å²) in [4.78, 5) is 36.1. The molecule has 0 bridgehead atoms. The Bertz CT molecular complexity index is 876. The molecule has 1 unspecified atom stereocenters. The lowest BCUT2D eigenvalue weighted by Gasteiger charge is -2.33. The van der Waals surface area contributed by atoms with E-state index in [1.54, 1.807) is 12.1 Å². The molecule has 0 saturated carbocycles. The molecule has 7 nitrogen and oxygen atoms in total. The van der Waals surface area contributed by atoms with Crippen LogP contribution in [0.15, 0.2) is 42.5 Å². The molecule has 0 aliphatic carbocycles. The van der Waals surface area contributed by atoms with Gasteiger partial charge >= 0.3 is 0 Å². The predicted molar refractivity (Wildman–Crippen MR) is 92.4 cm³/mol. The van der Waals surface area contributed by atoms with Gasteiger partial charge in [-0.15, -0.1) is 0 Å². The van der Waals surface area contributed by atoms with Crippen molar-refractivity contribution in [3.63, 3.8) is 0 Å². The highest BCUT2D eigenvalue weighted by Crippen LogP contribution is 2.34. The highest BCUT2D eigenvalue weighted by atomic mass is 16.5. The summed E-state index contributed by atoms with van der Waals surface area (Å²) in [6, 6.07) is 11.3. The molecule has 3 rings (SSSR count). The van der Waals surface area contributed by atoms with Gasteiger partial charge in [-0.2, -0.15) is 0 Å². The molecule has 4 N–H and O–H groups in total. The summed E-state index contributed by atoms with van der Waals surface area (Å²) in [5.41, 5.74) is 5.69. The molecular weight excluding hydrogens is 322 g/mol. The van der Waals surface area contributed by atoms with Crippen LogP contribution in [0, 0.1) is 6.92 Å². The quantitative estimate of drug-likeness (QED) is 0.741. The Morgan fingerprint density at radius 1 is 1.16 bits per heavy atom. The standard InChI is InChI=1S/C18H17N3O4/c1-10-3-8-14-13(9-10)21-17(24)18(2,25-14)16(23)20-12-6-4-11(5-7-12)15(19)22/h3-9H,1-2H3,(H2,19,22)(H,20,23)(H,21,24). The Morgan fingerprint density at radius 3 is 2.48 bits per heavy atom. The van der Waals surface area contributed by atoms with Crippen molar-refractivity contribution in [2.75, 3.05) is 10.6 Å².